The lowest BCUT2D eigenvalue weighted by molar-refractivity contribution is -0.142. The van der Waals surface area contributed by atoms with Gasteiger partial charge in [0.1, 0.15) is 5.69 Å². The predicted octanol–water partition coefficient (Wildman–Crippen LogP) is 3.68. The number of hydrogen-bond acceptors (Lipinski definition) is 3. The first-order chi connectivity index (χ1) is 11.8. The van der Waals surface area contributed by atoms with E-state index >= 15 is 0 Å². The molecule has 5 nitrogen and oxygen atoms in total. The summed E-state index contributed by atoms with van der Waals surface area (Å²) in [6.07, 6.45) is 1.67. The van der Waals surface area contributed by atoms with Gasteiger partial charge in [0.2, 0.25) is 0 Å². The Morgan fingerprint density at radius 2 is 2.08 bits per heavy atom. The fourth-order valence-corrected chi connectivity index (χ4v) is 3.03. The highest BCUT2D eigenvalue weighted by atomic mass is 19.4. The van der Waals surface area contributed by atoms with E-state index in [9.17, 15) is 18.0 Å². The van der Waals surface area contributed by atoms with Crippen LogP contribution in [0.2, 0.25) is 0 Å². The first-order valence-electron chi connectivity index (χ1n) is 8.20. The van der Waals surface area contributed by atoms with Crippen LogP contribution in [0.15, 0.2) is 23.8 Å². The molecule has 2 aromatic heterocycles. The summed E-state index contributed by atoms with van der Waals surface area (Å²) in [4.78, 5) is 16.4. The third-order valence-electron chi connectivity index (χ3n) is 4.31. The number of rotatable bonds is 3. The molecule has 134 valence electrons. The Labute approximate surface area is 142 Å². The van der Waals surface area contributed by atoms with E-state index in [1.165, 1.54) is 13.0 Å². The van der Waals surface area contributed by atoms with E-state index in [0.29, 0.717) is 4.52 Å². The van der Waals surface area contributed by atoms with Crippen molar-refractivity contribution in [2.75, 3.05) is 0 Å². The van der Waals surface area contributed by atoms with Gasteiger partial charge in [0.25, 0.3) is 5.91 Å². The summed E-state index contributed by atoms with van der Waals surface area (Å²) in [6.45, 7) is 3.34. The smallest absolute Gasteiger partial charge is 0.344 e. The summed E-state index contributed by atoms with van der Waals surface area (Å²) in [5.41, 5.74) is 0.340. The van der Waals surface area contributed by atoms with Crippen molar-refractivity contribution in [2.45, 2.75) is 51.7 Å². The Morgan fingerprint density at radius 3 is 2.72 bits per heavy atom. The van der Waals surface area contributed by atoms with Crippen molar-refractivity contribution in [1.82, 2.24) is 19.9 Å². The van der Waals surface area contributed by atoms with E-state index < -0.39 is 17.8 Å². The zero-order chi connectivity index (χ0) is 18.2. The van der Waals surface area contributed by atoms with E-state index in [0.717, 1.165) is 37.3 Å². The van der Waals surface area contributed by atoms with Gasteiger partial charge in [-0.25, -0.2) is 9.50 Å². The van der Waals surface area contributed by atoms with Crippen molar-refractivity contribution in [1.29, 1.82) is 0 Å². The molecule has 0 radical (unpaired) electrons. The zero-order valence-corrected chi connectivity index (χ0v) is 14.0. The zero-order valence-electron chi connectivity index (χ0n) is 14.0. The molecule has 0 aliphatic heterocycles. The second kappa shape index (κ2) is 6.50. The second-order valence-electron chi connectivity index (χ2n) is 6.30. The summed E-state index contributed by atoms with van der Waals surface area (Å²) in [7, 11) is 0. The Bertz CT molecular complexity index is 838. The van der Waals surface area contributed by atoms with Gasteiger partial charge < -0.3 is 5.32 Å². The Kier molecular flexibility index (Phi) is 4.53. The maximum absolute atomic E-state index is 13.2. The molecule has 1 atom stereocenters. The maximum atomic E-state index is 13.2. The molecule has 3 rings (SSSR count). The molecule has 25 heavy (non-hydrogen) atoms. The van der Waals surface area contributed by atoms with Crippen LogP contribution >= 0.6 is 0 Å². The van der Waals surface area contributed by atoms with E-state index in [1.807, 2.05) is 6.92 Å². The van der Waals surface area contributed by atoms with Gasteiger partial charge >= 0.3 is 6.18 Å². The average Bonchev–Trinajstić information content (AvgIpc) is 2.97. The third-order valence-corrected chi connectivity index (χ3v) is 4.31. The summed E-state index contributed by atoms with van der Waals surface area (Å²) in [5, 5.41) is 6.63. The summed E-state index contributed by atoms with van der Waals surface area (Å²) in [6, 6.07) is 2.02. The molecule has 1 aliphatic rings. The number of fused-ring (bicyclic) bond motifs is 1. The number of nitrogens with one attached hydrogen (secondary N) is 1. The Balaban J connectivity index is 1.88. The fourth-order valence-electron chi connectivity index (χ4n) is 3.03. The fraction of sp³-hybridized carbons (Fsp3) is 0.471. The van der Waals surface area contributed by atoms with Crippen molar-refractivity contribution < 1.29 is 18.0 Å². The summed E-state index contributed by atoms with van der Waals surface area (Å²) < 4.78 is 40.2. The lowest BCUT2D eigenvalue weighted by Crippen LogP contribution is -2.34. The van der Waals surface area contributed by atoms with Gasteiger partial charge in [-0.15, -0.1) is 0 Å². The van der Waals surface area contributed by atoms with Crippen LogP contribution in [0.5, 0.6) is 0 Å². The van der Waals surface area contributed by atoms with E-state index in [2.05, 4.69) is 21.5 Å². The molecule has 0 fully saturated rings. The molecular formula is C17H19F3N4O. The molecule has 2 heterocycles. The first-order valence-corrected chi connectivity index (χ1v) is 8.20. The molecule has 1 unspecified atom stereocenters. The molecular weight excluding hydrogens is 333 g/mol. The second-order valence-corrected chi connectivity index (χ2v) is 6.30. The molecule has 0 spiro atoms. The number of carbonyl (C=O) groups is 1. The topological polar surface area (TPSA) is 59.3 Å². The molecule has 0 saturated heterocycles. The molecule has 8 heteroatoms. The van der Waals surface area contributed by atoms with Crippen LogP contribution in [0.25, 0.3) is 5.65 Å². The van der Waals surface area contributed by atoms with Gasteiger partial charge in [-0.05, 0) is 45.6 Å². The molecule has 1 N–H and O–H groups in total. The minimum absolute atomic E-state index is 0.00186. The maximum Gasteiger partial charge on any atom is 0.433 e. The number of hydrogen-bond donors (Lipinski definition) is 1. The van der Waals surface area contributed by atoms with Crippen LogP contribution < -0.4 is 5.32 Å². The van der Waals surface area contributed by atoms with Gasteiger partial charge in [0.05, 0.1) is 0 Å². The number of aromatic nitrogens is 3. The number of alkyl halides is 3. The number of halogens is 3. The highest BCUT2D eigenvalue weighted by Crippen LogP contribution is 2.30. The lowest BCUT2D eigenvalue weighted by atomic mass is 9.95. The van der Waals surface area contributed by atoms with Crippen molar-refractivity contribution in [3.63, 3.8) is 0 Å². The van der Waals surface area contributed by atoms with Gasteiger partial charge in [0.15, 0.2) is 11.3 Å². The summed E-state index contributed by atoms with van der Waals surface area (Å²) in [5.74, 6) is -0.504. The van der Waals surface area contributed by atoms with Crippen LogP contribution in [0.4, 0.5) is 13.2 Å². The van der Waals surface area contributed by atoms with Crippen molar-refractivity contribution in [3.8, 4) is 0 Å². The number of carbonyl (C=O) groups excluding carboxylic acids is 1. The molecule has 1 aliphatic carbocycles. The molecule has 0 bridgehead atoms. The lowest BCUT2D eigenvalue weighted by Gasteiger charge is -2.20. The van der Waals surface area contributed by atoms with Crippen LogP contribution in [0, 0.1) is 6.92 Å². The largest absolute Gasteiger partial charge is 0.433 e. The highest BCUT2D eigenvalue weighted by molar-refractivity contribution is 5.93. The molecule has 0 aromatic carbocycles. The van der Waals surface area contributed by atoms with Crippen molar-refractivity contribution in [2.24, 2.45) is 0 Å². The first kappa shape index (κ1) is 17.4. The molecule has 2 aromatic rings. The van der Waals surface area contributed by atoms with Gasteiger partial charge in [-0.1, -0.05) is 11.6 Å². The third kappa shape index (κ3) is 3.67. The van der Waals surface area contributed by atoms with E-state index in [1.54, 1.807) is 0 Å². The van der Waals surface area contributed by atoms with Crippen LogP contribution in [-0.2, 0) is 6.18 Å². The van der Waals surface area contributed by atoms with E-state index in [4.69, 9.17) is 0 Å². The molecule has 1 amide bonds. The number of aryl methyl sites for hydroxylation is 1. The Morgan fingerprint density at radius 1 is 1.32 bits per heavy atom. The van der Waals surface area contributed by atoms with Crippen LogP contribution in [0.3, 0.4) is 0 Å². The quantitative estimate of drug-likeness (QED) is 0.858. The number of amides is 1. The van der Waals surface area contributed by atoms with Gasteiger partial charge in [0, 0.05) is 17.8 Å². The van der Waals surface area contributed by atoms with Crippen molar-refractivity contribution >= 4 is 11.6 Å². The Hall–Kier alpha value is -2.38. The average molecular weight is 352 g/mol. The normalized spacial score (nSPS) is 16.6. The summed E-state index contributed by atoms with van der Waals surface area (Å²) >= 11 is 0. The number of nitrogens with zero attached hydrogens (tertiary/aromatic N) is 3. The minimum atomic E-state index is -4.58. The van der Waals surface area contributed by atoms with Gasteiger partial charge in [-0.3, -0.25) is 4.79 Å². The van der Waals surface area contributed by atoms with Crippen molar-refractivity contribution in [3.05, 3.63) is 40.9 Å². The standard InChI is InChI=1S/C17H19F3N4O/c1-10-8-14(17(18,19)20)24-15(21-10)9-13(23-24)16(25)22-11(2)12-6-4-3-5-7-12/h6,8-9,11H,3-5,7H2,1-2H3,(H,22,25). The van der Waals surface area contributed by atoms with E-state index in [-0.39, 0.29) is 23.1 Å². The monoisotopic (exact) mass is 352 g/mol. The SMILES string of the molecule is Cc1cc(C(F)(F)F)n2nc(C(=O)NC(C)C3=CCCCC3)cc2n1. The molecule has 0 saturated carbocycles. The highest BCUT2D eigenvalue weighted by Gasteiger charge is 2.35. The predicted molar refractivity (Wildman–Crippen MR) is 86.2 cm³/mol. The minimum Gasteiger partial charge on any atom is -0.344 e. The van der Waals surface area contributed by atoms with Gasteiger partial charge in [-0.2, -0.15) is 18.3 Å². The number of allylic oxidation sites excluding steroid dienone is 1. The van der Waals surface area contributed by atoms with Crippen LogP contribution in [0.1, 0.15) is 54.5 Å². The van der Waals surface area contributed by atoms with Crippen LogP contribution in [-0.4, -0.2) is 26.5 Å².